The fourth-order valence-corrected chi connectivity index (χ4v) is 6.70. The molecule has 5 rings (SSSR count). The first-order valence-electron chi connectivity index (χ1n) is 14.2. The van der Waals surface area contributed by atoms with E-state index in [9.17, 15) is 9.18 Å². The quantitative estimate of drug-likeness (QED) is 0.240. The van der Waals surface area contributed by atoms with Gasteiger partial charge in [0.2, 0.25) is 0 Å². The Bertz CT molecular complexity index is 1460. The third kappa shape index (κ3) is 5.90. The van der Waals surface area contributed by atoms with E-state index in [1.807, 2.05) is 42.5 Å². The molecule has 1 saturated carbocycles. The number of carbonyl (C=O) groups is 1. The van der Waals surface area contributed by atoms with E-state index in [0.29, 0.717) is 55.9 Å². The number of benzene rings is 3. The monoisotopic (exact) mass is 595 g/mol. The summed E-state index contributed by atoms with van der Waals surface area (Å²) in [7, 11) is 3.02. The lowest BCUT2D eigenvalue weighted by Crippen LogP contribution is -2.52. The van der Waals surface area contributed by atoms with Crippen LogP contribution in [0.2, 0.25) is 5.02 Å². The Morgan fingerprint density at radius 1 is 1.02 bits per heavy atom. The summed E-state index contributed by atoms with van der Waals surface area (Å²) in [4.78, 5) is 13.2. The van der Waals surface area contributed by atoms with Gasteiger partial charge in [0, 0.05) is 28.3 Å². The van der Waals surface area contributed by atoms with Crippen molar-refractivity contribution in [2.24, 2.45) is 5.92 Å². The van der Waals surface area contributed by atoms with Crippen LogP contribution in [0.3, 0.4) is 0 Å². The molecule has 0 aromatic heterocycles. The second kappa shape index (κ2) is 12.4. The summed E-state index contributed by atoms with van der Waals surface area (Å²) in [5.41, 5.74) is 2.43. The van der Waals surface area contributed by atoms with Gasteiger partial charge in [-0.25, -0.2) is 13.6 Å². The zero-order valence-electron chi connectivity index (χ0n) is 24.1. The van der Waals surface area contributed by atoms with Crippen LogP contribution in [-0.4, -0.2) is 32.3 Å². The molecule has 1 spiro atoms. The largest absolute Gasteiger partial charge is 0.497 e. The normalized spacial score (nSPS) is 21.9. The molecule has 2 aliphatic rings. The Morgan fingerprint density at radius 2 is 1.76 bits per heavy atom. The number of hydrogen-bond acceptors (Lipinski definition) is 5. The lowest BCUT2D eigenvalue weighted by Gasteiger charge is -2.46. The minimum absolute atomic E-state index is 0.130. The predicted molar refractivity (Wildman–Crippen MR) is 161 cm³/mol. The molecule has 0 radical (unpaired) electrons. The van der Waals surface area contributed by atoms with Crippen LogP contribution in [0, 0.1) is 17.6 Å². The zero-order chi connectivity index (χ0) is 29.9. The third-order valence-electron chi connectivity index (χ3n) is 8.72. The molecule has 0 amide bonds. The van der Waals surface area contributed by atoms with Gasteiger partial charge >= 0.3 is 5.97 Å². The maximum absolute atomic E-state index is 15.1. The lowest BCUT2D eigenvalue weighted by molar-refractivity contribution is -0.147. The van der Waals surface area contributed by atoms with Crippen LogP contribution in [-0.2, 0) is 26.3 Å². The summed E-state index contributed by atoms with van der Waals surface area (Å²) in [5.74, 6) is -1.12. The van der Waals surface area contributed by atoms with Gasteiger partial charge in [-0.15, -0.1) is 0 Å². The molecule has 222 valence electrons. The fraction of sp³-hybridized carbons (Fsp3) is 0.382. The van der Waals surface area contributed by atoms with E-state index in [4.69, 9.17) is 25.8 Å². The van der Waals surface area contributed by atoms with Crippen LogP contribution in [0.5, 0.6) is 5.75 Å². The molecule has 8 heteroatoms. The molecule has 0 aliphatic heterocycles. The first kappa shape index (κ1) is 30.1. The van der Waals surface area contributed by atoms with E-state index in [0.717, 1.165) is 28.1 Å². The van der Waals surface area contributed by atoms with Gasteiger partial charge in [0.15, 0.2) is 11.6 Å². The minimum Gasteiger partial charge on any atom is -0.497 e. The molecular weight excluding hydrogens is 560 g/mol. The van der Waals surface area contributed by atoms with E-state index in [2.05, 4.69) is 12.2 Å². The summed E-state index contributed by atoms with van der Waals surface area (Å²) < 4.78 is 45.9. The molecule has 0 saturated heterocycles. The zero-order valence-corrected chi connectivity index (χ0v) is 24.9. The molecule has 0 heterocycles. The van der Waals surface area contributed by atoms with Gasteiger partial charge in [0.1, 0.15) is 11.3 Å². The average molecular weight is 596 g/mol. The standard InChI is InChI=1S/C34H36ClF2NO4/c1-22(20-42-21-23-7-9-27(40-2)10-8-23)17-24-18-28-29(11-12-30(36)31(28)37)33(24)13-15-34(16-14-33,32(39)41-3)38-26-6-4-5-25(35)19-26/h4-12,18-19,22,38H,13-17,20-21H2,1-3H3/t22-,33?,34?/m1/s1. The fourth-order valence-electron chi connectivity index (χ4n) is 6.51. The smallest absolute Gasteiger partial charge is 0.331 e. The maximum atomic E-state index is 15.1. The van der Waals surface area contributed by atoms with Crippen LogP contribution < -0.4 is 10.1 Å². The van der Waals surface area contributed by atoms with Gasteiger partial charge < -0.3 is 19.5 Å². The second-order valence-electron chi connectivity index (χ2n) is 11.5. The molecule has 1 fully saturated rings. The van der Waals surface area contributed by atoms with E-state index < -0.39 is 22.6 Å². The van der Waals surface area contributed by atoms with Crippen LogP contribution in [0.15, 0.2) is 66.2 Å². The topological polar surface area (TPSA) is 56.8 Å². The number of anilines is 1. The summed E-state index contributed by atoms with van der Waals surface area (Å²) in [6.07, 6.45) is 4.52. The molecule has 1 atom stereocenters. The predicted octanol–water partition coefficient (Wildman–Crippen LogP) is 8.10. The van der Waals surface area contributed by atoms with E-state index in [1.165, 1.54) is 13.2 Å². The number of halogens is 3. The number of allylic oxidation sites excluding steroid dienone is 1. The van der Waals surface area contributed by atoms with Gasteiger partial charge in [-0.1, -0.05) is 54.4 Å². The number of methoxy groups -OCH3 is 2. The number of rotatable bonds is 10. The van der Waals surface area contributed by atoms with Crippen LogP contribution >= 0.6 is 11.6 Å². The number of fused-ring (bicyclic) bond motifs is 2. The molecule has 5 nitrogen and oxygen atoms in total. The van der Waals surface area contributed by atoms with Crippen molar-refractivity contribution in [2.75, 3.05) is 26.1 Å². The first-order valence-corrected chi connectivity index (χ1v) is 14.6. The van der Waals surface area contributed by atoms with Crippen molar-refractivity contribution in [1.29, 1.82) is 0 Å². The highest BCUT2D eigenvalue weighted by Gasteiger charge is 2.52. The number of esters is 1. The Kier molecular flexibility index (Phi) is 8.90. The van der Waals surface area contributed by atoms with Crippen molar-refractivity contribution in [3.8, 4) is 5.75 Å². The van der Waals surface area contributed by atoms with Crippen molar-refractivity contribution in [2.45, 2.75) is 56.6 Å². The molecule has 0 unspecified atom stereocenters. The summed E-state index contributed by atoms with van der Waals surface area (Å²) >= 11 is 6.21. The average Bonchev–Trinajstić information content (AvgIpc) is 3.29. The van der Waals surface area contributed by atoms with Gasteiger partial charge in [0.25, 0.3) is 0 Å². The Hall–Kier alpha value is -3.42. The Labute approximate surface area is 250 Å². The summed E-state index contributed by atoms with van der Waals surface area (Å²) in [5, 5.41) is 3.96. The highest BCUT2D eigenvalue weighted by Crippen LogP contribution is 2.55. The van der Waals surface area contributed by atoms with Gasteiger partial charge in [-0.2, -0.15) is 0 Å². The number of hydrogen-bond donors (Lipinski definition) is 1. The van der Waals surface area contributed by atoms with Crippen molar-refractivity contribution in [1.82, 2.24) is 0 Å². The third-order valence-corrected chi connectivity index (χ3v) is 8.96. The minimum atomic E-state index is -0.968. The highest BCUT2D eigenvalue weighted by atomic mass is 35.5. The van der Waals surface area contributed by atoms with Crippen LogP contribution in [0.1, 0.15) is 55.7 Å². The van der Waals surface area contributed by atoms with Gasteiger partial charge in [0.05, 0.1) is 20.8 Å². The second-order valence-corrected chi connectivity index (χ2v) is 11.9. The molecular formula is C34H36ClF2NO4. The summed E-state index contributed by atoms with van der Waals surface area (Å²) in [6.45, 7) is 3.08. The lowest BCUT2D eigenvalue weighted by atomic mass is 9.61. The van der Waals surface area contributed by atoms with Crippen molar-refractivity contribution in [3.63, 3.8) is 0 Å². The highest BCUT2D eigenvalue weighted by molar-refractivity contribution is 6.30. The molecule has 2 aliphatic carbocycles. The first-order chi connectivity index (χ1) is 20.2. The Balaban J connectivity index is 1.35. The van der Waals surface area contributed by atoms with E-state index in [-0.39, 0.29) is 11.9 Å². The molecule has 3 aromatic rings. The molecule has 3 aromatic carbocycles. The van der Waals surface area contributed by atoms with E-state index >= 15 is 4.39 Å². The Morgan fingerprint density at radius 3 is 2.43 bits per heavy atom. The number of ether oxygens (including phenoxy) is 3. The van der Waals surface area contributed by atoms with Crippen molar-refractivity contribution in [3.05, 3.63) is 99.6 Å². The molecule has 1 N–H and O–H groups in total. The van der Waals surface area contributed by atoms with Crippen LogP contribution in [0.25, 0.3) is 6.08 Å². The van der Waals surface area contributed by atoms with Crippen molar-refractivity contribution < 1.29 is 27.8 Å². The van der Waals surface area contributed by atoms with Gasteiger partial charge in [-0.05, 0) is 85.5 Å². The van der Waals surface area contributed by atoms with Crippen molar-refractivity contribution >= 4 is 29.3 Å². The SMILES string of the molecule is COC(=O)C1(Nc2cccc(Cl)c2)CCC2(CC1)C(C[C@@H](C)COCc1ccc(OC)cc1)=Cc1c2ccc(F)c1F. The number of carbonyl (C=O) groups excluding carboxylic acids is 1. The summed E-state index contributed by atoms with van der Waals surface area (Å²) in [6, 6.07) is 17.9. The maximum Gasteiger partial charge on any atom is 0.331 e. The van der Waals surface area contributed by atoms with E-state index in [1.54, 1.807) is 25.3 Å². The molecule has 42 heavy (non-hydrogen) atoms. The van der Waals surface area contributed by atoms with Crippen LogP contribution in [0.4, 0.5) is 14.5 Å². The molecule has 0 bridgehead atoms. The van der Waals surface area contributed by atoms with Gasteiger partial charge in [-0.3, -0.25) is 0 Å². The number of nitrogens with one attached hydrogen (secondary N) is 1.